The molecule has 0 radical (unpaired) electrons. The molecule has 0 saturated carbocycles. The van der Waals surface area contributed by atoms with E-state index in [0.717, 1.165) is 28.2 Å². The third-order valence-electron chi connectivity index (χ3n) is 13.5. The summed E-state index contributed by atoms with van der Waals surface area (Å²) in [4.78, 5) is 7.86. The van der Waals surface area contributed by atoms with Crippen molar-refractivity contribution in [1.29, 1.82) is 0 Å². The molecule has 2 heterocycles. The Morgan fingerprint density at radius 1 is 0.390 bits per heavy atom. The van der Waals surface area contributed by atoms with Crippen LogP contribution in [-0.4, -0.2) is 4.98 Å². The molecule has 1 aliphatic heterocycles. The lowest BCUT2D eigenvalue weighted by Gasteiger charge is -2.43. The maximum Gasteiger partial charge on any atom is 0.0730 e. The van der Waals surface area contributed by atoms with Crippen molar-refractivity contribution in [2.45, 2.75) is 38.5 Å². The number of hydrogen-bond donors (Lipinski definition) is 0. The van der Waals surface area contributed by atoms with E-state index in [4.69, 9.17) is 4.98 Å². The van der Waals surface area contributed by atoms with Crippen LogP contribution < -0.4 is 4.90 Å². The van der Waals surface area contributed by atoms with Gasteiger partial charge in [-0.2, -0.15) is 0 Å². The van der Waals surface area contributed by atoms with Crippen molar-refractivity contribution in [2.24, 2.45) is 0 Å². The highest BCUT2D eigenvalue weighted by molar-refractivity contribution is 6.27. The standard InChI is InChI=1S/C57H42N2/c1-56(2)48-29-37-21-11-12-22-38(37)30-52(48)59(39-31-50(35-17-7-5-8-18-35)58-51(32-39)36-19-9-6-10-20-36)53-34-47-46(33-49(53)56)45-28-27-44-42-25-14-13-23-40(42)41-24-15-16-26-43(41)54(44)55(45)57(47,3)4/h5-34H,1-4H3. The first-order valence-corrected chi connectivity index (χ1v) is 20.8. The molecule has 10 aromatic rings. The maximum absolute atomic E-state index is 5.32. The summed E-state index contributed by atoms with van der Waals surface area (Å²) in [5.41, 5.74) is 15.2. The molecule has 0 atom stereocenters. The third kappa shape index (κ3) is 4.84. The second kappa shape index (κ2) is 12.2. The van der Waals surface area contributed by atoms with Crippen molar-refractivity contribution in [2.75, 3.05) is 4.90 Å². The summed E-state index contributed by atoms with van der Waals surface area (Å²) in [6, 6.07) is 67.3. The Labute approximate surface area is 345 Å². The minimum Gasteiger partial charge on any atom is -0.310 e. The van der Waals surface area contributed by atoms with E-state index in [0.29, 0.717) is 0 Å². The van der Waals surface area contributed by atoms with Gasteiger partial charge in [-0.3, -0.25) is 0 Å². The van der Waals surface area contributed by atoms with Gasteiger partial charge in [-0.05, 0) is 113 Å². The van der Waals surface area contributed by atoms with E-state index in [-0.39, 0.29) is 10.8 Å². The first-order valence-electron chi connectivity index (χ1n) is 20.8. The highest BCUT2D eigenvalue weighted by atomic mass is 15.2. The molecule has 12 rings (SSSR count). The molecule has 280 valence electrons. The number of rotatable bonds is 3. The molecule has 0 bridgehead atoms. The number of aromatic nitrogens is 1. The zero-order valence-electron chi connectivity index (χ0n) is 33.7. The summed E-state index contributed by atoms with van der Waals surface area (Å²) in [6.45, 7) is 9.73. The average molecular weight is 755 g/mol. The van der Waals surface area contributed by atoms with Gasteiger partial charge in [-0.25, -0.2) is 4.98 Å². The Balaban J connectivity index is 1.17. The molecule has 0 N–H and O–H groups in total. The fourth-order valence-electron chi connectivity index (χ4n) is 10.6. The number of pyridine rings is 1. The monoisotopic (exact) mass is 754 g/mol. The van der Waals surface area contributed by atoms with Gasteiger partial charge in [0, 0.05) is 22.0 Å². The smallest absolute Gasteiger partial charge is 0.0730 e. The fourth-order valence-corrected chi connectivity index (χ4v) is 10.6. The minimum absolute atomic E-state index is 0.271. The lowest BCUT2D eigenvalue weighted by molar-refractivity contribution is 0.629. The van der Waals surface area contributed by atoms with E-state index in [2.05, 4.69) is 215 Å². The van der Waals surface area contributed by atoms with Crippen LogP contribution in [0.4, 0.5) is 17.1 Å². The Hall–Kier alpha value is -7.03. The topological polar surface area (TPSA) is 16.1 Å². The Kier molecular flexibility index (Phi) is 7.06. The quantitative estimate of drug-likeness (QED) is 0.167. The van der Waals surface area contributed by atoms with E-state index in [1.54, 1.807) is 0 Å². The van der Waals surface area contributed by atoms with E-state index >= 15 is 0 Å². The first kappa shape index (κ1) is 34.0. The van der Waals surface area contributed by atoms with Gasteiger partial charge in [0.05, 0.1) is 28.5 Å². The highest BCUT2D eigenvalue weighted by Crippen LogP contribution is 2.60. The number of hydrogen-bond acceptors (Lipinski definition) is 2. The lowest BCUT2D eigenvalue weighted by atomic mass is 9.71. The molecule has 59 heavy (non-hydrogen) atoms. The largest absolute Gasteiger partial charge is 0.310 e. The molecule has 2 aliphatic rings. The summed E-state index contributed by atoms with van der Waals surface area (Å²) in [5.74, 6) is 0. The summed E-state index contributed by atoms with van der Waals surface area (Å²) in [7, 11) is 0. The predicted molar refractivity (Wildman–Crippen MR) is 250 cm³/mol. The molecule has 1 aromatic heterocycles. The van der Waals surface area contributed by atoms with Crippen molar-refractivity contribution in [3.05, 3.63) is 204 Å². The normalized spacial score (nSPS) is 14.7. The van der Waals surface area contributed by atoms with Crippen LogP contribution >= 0.6 is 0 Å². The summed E-state index contributed by atoms with van der Waals surface area (Å²) < 4.78 is 0. The van der Waals surface area contributed by atoms with E-state index in [1.807, 2.05) is 0 Å². The molecule has 0 spiro atoms. The van der Waals surface area contributed by atoms with Gasteiger partial charge in [-0.15, -0.1) is 0 Å². The highest BCUT2D eigenvalue weighted by Gasteiger charge is 2.43. The molecule has 0 amide bonds. The van der Waals surface area contributed by atoms with Gasteiger partial charge in [0.1, 0.15) is 0 Å². The van der Waals surface area contributed by atoms with Crippen LogP contribution in [0.3, 0.4) is 0 Å². The molecular formula is C57H42N2. The molecular weight excluding hydrogens is 713 g/mol. The zero-order valence-corrected chi connectivity index (χ0v) is 33.7. The van der Waals surface area contributed by atoms with Crippen LogP contribution in [0.2, 0.25) is 0 Å². The second-order valence-corrected chi connectivity index (χ2v) is 17.5. The molecule has 2 heteroatoms. The van der Waals surface area contributed by atoms with Gasteiger partial charge >= 0.3 is 0 Å². The molecule has 1 aliphatic carbocycles. The average Bonchev–Trinajstić information content (AvgIpc) is 3.51. The van der Waals surface area contributed by atoms with Crippen molar-refractivity contribution < 1.29 is 0 Å². The molecule has 0 saturated heterocycles. The number of nitrogens with zero attached hydrogens (tertiary/aromatic N) is 2. The number of anilines is 3. The van der Waals surface area contributed by atoms with Gasteiger partial charge in [0.25, 0.3) is 0 Å². The molecule has 2 nitrogen and oxygen atoms in total. The van der Waals surface area contributed by atoms with Crippen molar-refractivity contribution in [3.8, 4) is 33.6 Å². The van der Waals surface area contributed by atoms with Gasteiger partial charge in [0.2, 0.25) is 0 Å². The summed E-state index contributed by atoms with van der Waals surface area (Å²) >= 11 is 0. The zero-order chi connectivity index (χ0) is 39.6. The van der Waals surface area contributed by atoms with Crippen LogP contribution in [-0.2, 0) is 10.8 Å². The van der Waals surface area contributed by atoms with E-state index in [1.165, 1.54) is 87.8 Å². The number of fused-ring (bicyclic) bond motifs is 13. The van der Waals surface area contributed by atoms with Gasteiger partial charge in [0.15, 0.2) is 0 Å². The van der Waals surface area contributed by atoms with E-state index < -0.39 is 0 Å². The van der Waals surface area contributed by atoms with Crippen molar-refractivity contribution in [1.82, 2.24) is 4.98 Å². The van der Waals surface area contributed by atoms with Crippen LogP contribution in [0, 0.1) is 0 Å². The fraction of sp³-hybridized carbons (Fsp3) is 0.105. The van der Waals surface area contributed by atoms with Crippen LogP contribution in [0.15, 0.2) is 182 Å². The SMILES string of the molecule is CC1(C)c2cc3c(cc2N(c2cc(-c4ccccc4)nc(-c4ccccc4)c2)c2cc4ccccc4cc21)C(C)(C)c1c-3ccc2c3ccccc3c3ccccc3c12. The van der Waals surface area contributed by atoms with Crippen molar-refractivity contribution >= 4 is 60.2 Å². The van der Waals surface area contributed by atoms with Crippen LogP contribution in [0.25, 0.3) is 76.7 Å². The first-order chi connectivity index (χ1) is 28.8. The van der Waals surface area contributed by atoms with Crippen molar-refractivity contribution in [3.63, 3.8) is 0 Å². The van der Waals surface area contributed by atoms with Crippen LogP contribution in [0.1, 0.15) is 49.9 Å². The second-order valence-electron chi connectivity index (χ2n) is 17.5. The number of benzene rings is 9. The maximum atomic E-state index is 5.32. The van der Waals surface area contributed by atoms with Gasteiger partial charge in [-0.1, -0.05) is 173 Å². The summed E-state index contributed by atoms with van der Waals surface area (Å²) in [6.07, 6.45) is 0. The Morgan fingerprint density at radius 3 is 1.51 bits per heavy atom. The third-order valence-corrected chi connectivity index (χ3v) is 13.5. The minimum atomic E-state index is -0.287. The summed E-state index contributed by atoms with van der Waals surface area (Å²) in [5, 5.41) is 10.4. The van der Waals surface area contributed by atoms with E-state index in [9.17, 15) is 0 Å². The Morgan fingerprint density at radius 2 is 0.881 bits per heavy atom. The Bertz CT molecular complexity index is 3280. The molecule has 9 aromatic carbocycles. The molecule has 0 unspecified atom stereocenters. The van der Waals surface area contributed by atoms with Gasteiger partial charge < -0.3 is 4.90 Å². The van der Waals surface area contributed by atoms with Crippen LogP contribution in [0.5, 0.6) is 0 Å². The lowest BCUT2D eigenvalue weighted by Crippen LogP contribution is -2.31. The molecule has 0 fully saturated rings. The predicted octanol–water partition coefficient (Wildman–Crippen LogP) is 15.4.